The molecular weight excluding hydrogens is 439 g/mol. The van der Waals surface area contributed by atoms with Crippen LogP contribution in [0.1, 0.15) is 52.0 Å². The topological polar surface area (TPSA) is 65.5 Å². The number of hydrogen-bond donors (Lipinski definition) is 3. The molecule has 26 heavy (non-hydrogen) atoms. The molecule has 148 valence electrons. The monoisotopic (exact) mass is 474 g/mol. The van der Waals surface area contributed by atoms with Gasteiger partial charge in [0, 0.05) is 38.5 Å². The Morgan fingerprint density at radius 3 is 2.19 bits per heavy atom. The van der Waals surface area contributed by atoms with E-state index < -0.39 is 0 Å². The summed E-state index contributed by atoms with van der Waals surface area (Å²) in [6.45, 7) is 8.62. The molecule has 1 rings (SSSR count). The summed E-state index contributed by atoms with van der Waals surface area (Å²) in [5.41, 5.74) is 1.43. The first-order chi connectivity index (χ1) is 12.1. The normalized spacial score (nSPS) is 11.5. The molecule has 6 heteroatoms. The average Bonchev–Trinajstić information content (AvgIpc) is 2.66. The van der Waals surface area contributed by atoms with E-state index in [0.717, 1.165) is 38.3 Å². The Balaban J connectivity index is 0.00000625. The summed E-state index contributed by atoms with van der Waals surface area (Å²) < 4.78 is 0. The van der Waals surface area contributed by atoms with Crippen LogP contribution in [-0.2, 0) is 10.2 Å². The van der Waals surface area contributed by atoms with Gasteiger partial charge in [-0.05, 0) is 24.8 Å². The molecule has 5 nitrogen and oxygen atoms in total. The number of aliphatic imine (C=N–C) groups is 1. The van der Waals surface area contributed by atoms with Crippen molar-refractivity contribution in [2.45, 2.75) is 51.9 Å². The first-order valence-corrected chi connectivity index (χ1v) is 9.38. The van der Waals surface area contributed by atoms with Crippen molar-refractivity contribution >= 4 is 35.8 Å². The number of nitrogens with zero attached hydrogens (tertiary/aromatic N) is 1. The Morgan fingerprint density at radius 1 is 1.00 bits per heavy atom. The summed E-state index contributed by atoms with van der Waals surface area (Å²) in [5.74, 6) is 0.816. The fourth-order valence-corrected chi connectivity index (χ4v) is 2.92. The molecule has 1 aromatic rings. The van der Waals surface area contributed by atoms with Crippen LogP contribution in [0, 0.1) is 0 Å². The van der Waals surface area contributed by atoms with Crippen LogP contribution in [0.4, 0.5) is 0 Å². The van der Waals surface area contributed by atoms with Gasteiger partial charge in [-0.1, -0.05) is 51.1 Å². The van der Waals surface area contributed by atoms with Crippen molar-refractivity contribution in [1.29, 1.82) is 0 Å². The molecule has 0 aliphatic heterocycles. The Morgan fingerprint density at radius 2 is 1.65 bits per heavy atom. The van der Waals surface area contributed by atoms with Crippen LogP contribution in [0.25, 0.3) is 0 Å². The van der Waals surface area contributed by atoms with E-state index in [1.807, 2.05) is 6.92 Å². The molecule has 0 fully saturated rings. The van der Waals surface area contributed by atoms with Crippen LogP contribution < -0.4 is 16.0 Å². The molecule has 0 heterocycles. The van der Waals surface area contributed by atoms with Gasteiger partial charge in [-0.3, -0.25) is 9.79 Å². The maximum atomic E-state index is 11.7. The Hall–Kier alpha value is -1.31. The molecule has 0 aliphatic rings. The molecule has 0 radical (unpaired) electrons. The average molecular weight is 474 g/mol. The van der Waals surface area contributed by atoms with Crippen molar-refractivity contribution < 1.29 is 4.79 Å². The van der Waals surface area contributed by atoms with Gasteiger partial charge >= 0.3 is 0 Å². The molecule has 3 N–H and O–H groups in total. The van der Waals surface area contributed by atoms with E-state index in [9.17, 15) is 4.79 Å². The number of amides is 1. The van der Waals surface area contributed by atoms with Gasteiger partial charge in [-0.25, -0.2) is 0 Å². The lowest BCUT2D eigenvalue weighted by Gasteiger charge is -2.33. The van der Waals surface area contributed by atoms with E-state index in [0.29, 0.717) is 13.0 Å². The fourth-order valence-electron chi connectivity index (χ4n) is 2.92. The summed E-state index contributed by atoms with van der Waals surface area (Å²) in [6.07, 6.45) is 3.51. The Kier molecular flexibility index (Phi) is 13.1. The Bertz CT molecular complexity index is 530. The quantitative estimate of drug-likeness (QED) is 0.277. The van der Waals surface area contributed by atoms with Gasteiger partial charge in [0.15, 0.2) is 5.96 Å². The minimum absolute atomic E-state index is 0. The lowest BCUT2D eigenvalue weighted by atomic mass is 9.76. The lowest BCUT2D eigenvalue weighted by molar-refractivity contribution is -0.120. The predicted molar refractivity (Wildman–Crippen MR) is 121 cm³/mol. The van der Waals surface area contributed by atoms with E-state index >= 15 is 0 Å². The van der Waals surface area contributed by atoms with Crippen LogP contribution in [0.3, 0.4) is 0 Å². The molecule has 1 amide bonds. The van der Waals surface area contributed by atoms with Crippen molar-refractivity contribution in [2.24, 2.45) is 4.99 Å². The molecule has 0 unspecified atom stereocenters. The van der Waals surface area contributed by atoms with Gasteiger partial charge in [0.2, 0.25) is 5.91 Å². The summed E-state index contributed by atoms with van der Waals surface area (Å²) in [6, 6.07) is 10.6. The van der Waals surface area contributed by atoms with Crippen LogP contribution >= 0.6 is 24.0 Å². The predicted octanol–water partition coefficient (Wildman–Crippen LogP) is 3.44. The third kappa shape index (κ3) is 7.93. The molecular formula is C20H35IN4O. The van der Waals surface area contributed by atoms with E-state index in [1.165, 1.54) is 5.56 Å². The molecule has 0 aromatic heterocycles. The number of guanidine groups is 1. The molecule has 0 bridgehead atoms. The second-order valence-electron chi connectivity index (χ2n) is 6.31. The number of halogens is 1. The van der Waals surface area contributed by atoms with Gasteiger partial charge in [0.25, 0.3) is 0 Å². The third-order valence-corrected chi connectivity index (χ3v) is 4.77. The first-order valence-electron chi connectivity index (χ1n) is 9.38. The van der Waals surface area contributed by atoms with Crippen LogP contribution in [0.15, 0.2) is 35.3 Å². The number of carbonyl (C=O) groups is 1. The van der Waals surface area contributed by atoms with E-state index in [1.54, 1.807) is 7.05 Å². The lowest BCUT2D eigenvalue weighted by Crippen LogP contribution is -2.46. The van der Waals surface area contributed by atoms with Gasteiger partial charge in [-0.2, -0.15) is 0 Å². The highest BCUT2D eigenvalue weighted by atomic mass is 127. The van der Waals surface area contributed by atoms with Gasteiger partial charge < -0.3 is 16.0 Å². The zero-order chi connectivity index (χ0) is 18.5. The maximum absolute atomic E-state index is 11.7. The highest BCUT2D eigenvalue weighted by Gasteiger charge is 2.28. The van der Waals surface area contributed by atoms with Gasteiger partial charge in [0.05, 0.1) is 0 Å². The Labute approximate surface area is 175 Å². The standard InChI is InChI=1S/C20H34N4O.HI/c1-5-14-22-18(25)13-15-23-19(21-4)24-16-20(6-2,7-3)17-11-9-8-10-12-17;/h8-12H,5-7,13-16H2,1-4H3,(H,22,25)(H2,21,23,24);1H. The van der Waals surface area contributed by atoms with Crippen molar-refractivity contribution in [1.82, 2.24) is 16.0 Å². The summed E-state index contributed by atoms with van der Waals surface area (Å²) in [4.78, 5) is 15.9. The van der Waals surface area contributed by atoms with E-state index in [2.05, 4.69) is 65.1 Å². The molecule has 0 aliphatic carbocycles. The number of hydrogen-bond acceptors (Lipinski definition) is 2. The number of carbonyl (C=O) groups excluding carboxylic acids is 1. The van der Waals surface area contributed by atoms with Crippen molar-refractivity contribution in [3.05, 3.63) is 35.9 Å². The zero-order valence-electron chi connectivity index (χ0n) is 16.6. The van der Waals surface area contributed by atoms with E-state index in [-0.39, 0.29) is 35.3 Å². The number of rotatable bonds is 10. The largest absolute Gasteiger partial charge is 0.356 e. The maximum Gasteiger partial charge on any atom is 0.221 e. The molecule has 0 saturated carbocycles. The minimum Gasteiger partial charge on any atom is -0.356 e. The SMILES string of the molecule is CCCNC(=O)CCNC(=NC)NCC(CC)(CC)c1ccccc1.I. The van der Waals surface area contributed by atoms with Crippen LogP contribution in [-0.4, -0.2) is 38.5 Å². The van der Waals surface area contributed by atoms with Crippen LogP contribution in [0.5, 0.6) is 0 Å². The molecule has 0 saturated heterocycles. The van der Waals surface area contributed by atoms with E-state index in [4.69, 9.17) is 0 Å². The second-order valence-corrected chi connectivity index (χ2v) is 6.31. The second kappa shape index (κ2) is 13.8. The summed E-state index contributed by atoms with van der Waals surface area (Å²) in [5, 5.41) is 9.54. The van der Waals surface area contributed by atoms with Crippen molar-refractivity contribution in [3.63, 3.8) is 0 Å². The number of nitrogens with one attached hydrogen (secondary N) is 3. The van der Waals surface area contributed by atoms with Crippen molar-refractivity contribution in [2.75, 3.05) is 26.7 Å². The highest BCUT2D eigenvalue weighted by molar-refractivity contribution is 14.0. The molecule has 1 aromatic carbocycles. The molecule has 0 atom stereocenters. The third-order valence-electron chi connectivity index (χ3n) is 4.77. The number of benzene rings is 1. The molecule has 0 spiro atoms. The highest BCUT2D eigenvalue weighted by Crippen LogP contribution is 2.30. The smallest absolute Gasteiger partial charge is 0.221 e. The van der Waals surface area contributed by atoms with Gasteiger partial charge in [0.1, 0.15) is 0 Å². The summed E-state index contributed by atoms with van der Waals surface area (Å²) in [7, 11) is 1.76. The fraction of sp³-hybridized carbons (Fsp3) is 0.600. The zero-order valence-corrected chi connectivity index (χ0v) is 18.9. The first kappa shape index (κ1) is 24.7. The van der Waals surface area contributed by atoms with Crippen molar-refractivity contribution in [3.8, 4) is 0 Å². The minimum atomic E-state index is 0. The van der Waals surface area contributed by atoms with Crippen LogP contribution in [0.2, 0.25) is 0 Å². The van der Waals surface area contributed by atoms with Gasteiger partial charge in [-0.15, -0.1) is 24.0 Å². The summed E-state index contributed by atoms with van der Waals surface area (Å²) >= 11 is 0.